The second kappa shape index (κ2) is 3.95. The Kier molecular flexibility index (Phi) is 3.22. The molecule has 0 aromatic carbocycles. The summed E-state index contributed by atoms with van der Waals surface area (Å²) in [5.41, 5.74) is 1.22. The van der Waals surface area contributed by atoms with E-state index in [4.69, 9.17) is 0 Å². The van der Waals surface area contributed by atoms with E-state index in [1.54, 1.807) is 0 Å². The van der Waals surface area contributed by atoms with Crippen LogP contribution in [0.3, 0.4) is 0 Å². The van der Waals surface area contributed by atoms with Gasteiger partial charge in [0.25, 0.3) is 0 Å². The summed E-state index contributed by atoms with van der Waals surface area (Å²) in [7, 11) is 0. The Labute approximate surface area is 92.9 Å². The van der Waals surface area contributed by atoms with E-state index in [1.165, 1.54) is 0 Å². The minimum Gasteiger partial charge on any atom is -0.247 e. The molecule has 0 aliphatic rings. The van der Waals surface area contributed by atoms with E-state index in [0.29, 0.717) is 0 Å². The maximum absolute atomic E-state index is 4.25. The first kappa shape index (κ1) is 12.2. The van der Waals surface area contributed by atoms with Crippen molar-refractivity contribution in [1.82, 2.24) is 15.0 Å². The first-order valence-electron chi connectivity index (χ1n) is 5.70. The molecule has 1 aromatic rings. The maximum atomic E-state index is 4.25. The number of rotatable bonds is 3. The monoisotopic (exact) mass is 209 g/mol. The molecule has 0 radical (unpaired) electrons. The van der Waals surface area contributed by atoms with Gasteiger partial charge in [-0.25, -0.2) is 4.68 Å². The van der Waals surface area contributed by atoms with Gasteiger partial charge in [0.1, 0.15) is 0 Å². The molecule has 86 valence electrons. The summed E-state index contributed by atoms with van der Waals surface area (Å²) in [4.78, 5) is 0. The summed E-state index contributed by atoms with van der Waals surface area (Å²) < 4.78 is 2.00. The third kappa shape index (κ3) is 2.80. The molecular weight excluding hydrogens is 186 g/mol. The normalized spacial score (nSPS) is 13.2. The summed E-state index contributed by atoms with van der Waals surface area (Å²) in [6.45, 7) is 13.1. The topological polar surface area (TPSA) is 30.7 Å². The molecule has 0 spiro atoms. The zero-order valence-corrected chi connectivity index (χ0v) is 10.8. The van der Waals surface area contributed by atoms with Crippen LogP contribution in [0.15, 0.2) is 6.20 Å². The molecule has 1 aromatic heterocycles. The molecule has 0 fully saturated rings. The van der Waals surface area contributed by atoms with Crippen molar-refractivity contribution >= 4 is 0 Å². The molecule has 1 rings (SSSR count). The predicted octanol–water partition coefficient (Wildman–Crippen LogP) is 3.11. The molecule has 0 atom stereocenters. The third-order valence-electron chi connectivity index (χ3n) is 2.74. The van der Waals surface area contributed by atoms with Gasteiger partial charge in [-0.1, -0.05) is 39.3 Å². The lowest BCUT2D eigenvalue weighted by Gasteiger charge is -2.24. The fourth-order valence-electron chi connectivity index (χ4n) is 1.63. The van der Waals surface area contributed by atoms with Gasteiger partial charge in [0, 0.05) is 11.6 Å². The maximum Gasteiger partial charge on any atom is 0.0880 e. The van der Waals surface area contributed by atoms with Crippen LogP contribution in [0.2, 0.25) is 0 Å². The van der Waals surface area contributed by atoms with E-state index in [1.807, 2.05) is 4.68 Å². The highest BCUT2D eigenvalue weighted by Gasteiger charge is 2.24. The molecule has 3 heteroatoms. The number of hydrogen-bond donors (Lipinski definition) is 0. The molecule has 0 aliphatic carbocycles. The summed E-state index contributed by atoms with van der Waals surface area (Å²) in [6.07, 6.45) is 4.37. The highest BCUT2D eigenvalue weighted by molar-refractivity contribution is 5.07. The minimum absolute atomic E-state index is 0.0747. The summed E-state index contributed by atoms with van der Waals surface area (Å²) in [5, 5.41) is 8.49. The number of nitrogens with zero attached hydrogens (tertiary/aromatic N) is 3. The Morgan fingerprint density at radius 3 is 2.20 bits per heavy atom. The van der Waals surface area contributed by atoms with Crippen molar-refractivity contribution in [3.8, 4) is 0 Å². The van der Waals surface area contributed by atoms with E-state index in [2.05, 4.69) is 58.1 Å². The molecule has 0 aliphatic heterocycles. The summed E-state index contributed by atoms with van der Waals surface area (Å²) in [5.74, 6) is 0. The molecule has 0 amide bonds. The first-order valence-corrected chi connectivity index (χ1v) is 5.70. The molecule has 15 heavy (non-hydrogen) atoms. The van der Waals surface area contributed by atoms with Gasteiger partial charge in [-0.2, -0.15) is 0 Å². The Morgan fingerprint density at radius 2 is 1.80 bits per heavy atom. The van der Waals surface area contributed by atoms with Crippen LogP contribution in [0.4, 0.5) is 0 Å². The van der Waals surface area contributed by atoms with Crippen LogP contribution < -0.4 is 0 Å². The zero-order valence-electron chi connectivity index (χ0n) is 10.8. The lowest BCUT2D eigenvalue weighted by atomic mass is 9.93. The van der Waals surface area contributed by atoms with Gasteiger partial charge < -0.3 is 0 Å². The average Bonchev–Trinajstić information content (AvgIpc) is 2.50. The van der Waals surface area contributed by atoms with Gasteiger partial charge in [-0.3, -0.25) is 0 Å². The largest absolute Gasteiger partial charge is 0.247 e. The lowest BCUT2D eigenvalue weighted by Crippen LogP contribution is -2.26. The molecular formula is C12H23N3. The first-order chi connectivity index (χ1) is 6.77. The van der Waals surface area contributed by atoms with Crippen LogP contribution in [0, 0.1) is 0 Å². The van der Waals surface area contributed by atoms with E-state index >= 15 is 0 Å². The summed E-state index contributed by atoms with van der Waals surface area (Å²) in [6, 6.07) is 0. The van der Waals surface area contributed by atoms with Crippen molar-refractivity contribution in [3.63, 3.8) is 0 Å². The van der Waals surface area contributed by atoms with E-state index in [-0.39, 0.29) is 11.0 Å². The zero-order chi connectivity index (χ0) is 11.7. The van der Waals surface area contributed by atoms with Crippen LogP contribution in [0.25, 0.3) is 0 Å². The SMILES string of the molecule is CCCC(C)(C)n1cc(C(C)(C)C)nn1. The second-order valence-electron chi connectivity index (χ2n) is 5.86. The molecule has 0 unspecified atom stereocenters. The van der Waals surface area contributed by atoms with Crippen LogP contribution in [-0.2, 0) is 11.0 Å². The predicted molar refractivity (Wildman–Crippen MR) is 63.0 cm³/mol. The molecule has 3 nitrogen and oxygen atoms in total. The lowest BCUT2D eigenvalue weighted by molar-refractivity contribution is 0.286. The number of hydrogen-bond acceptors (Lipinski definition) is 2. The van der Waals surface area contributed by atoms with Crippen LogP contribution >= 0.6 is 0 Å². The highest BCUT2D eigenvalue weighted by atomic mass is 15.4. The van der Waals surface area contributed by atoms with Gasteiger partial charge in [-0.05, 0) is 20.3 Å². The van der Waals surface area contributed by atoms with Gasteiger partial charge in [0.15, 0.2) is 0 Å². The molecule has 0 saturated carbocycles. The quantitative estimate of drug-likeness (QED) is 0.765. The fraction of sp³-hybridized carbons (Fsp3) is 0.833. The van der Waals surface area contributed by atoms with E-state index in [9.17, 15) is 0 Å². The minimum atomic E-state index is 0.0747. The molecule has 0 saturated heterocycles. The van der Waals surface area contributed by atoms with Crippen molar-refractivity contribution in [2.75, 3.05) is 0 Å². The molecule has 1 heterocycles. The average molecular weight is 209 g/mol. The van der Waals surface area contributed by atoms with Gasteiger partial charge in [0.05, 0.1) is 11.2 Å². The molecule has 0 bridgehead atoms. The van der Waals surface area contributed by atoms with Crippen molar-refractivity contribution in [2.24, 2.45) is 0 Å². The Balaban J connectivity index is 2.94. The number of aromatic nitrogens is 3. The smallest absolute Gasteiger partial charge is 0.0880 e. The van der Waals surface area contributed by atoms with Crippen molar-refractivity contribution in [1.29, 1.82) is 0 Å². The van der Waals surface area contributed by atoms with Crippen LogP contribution in [0.5, 0.6) is 0 Å². The standard InChI is InChI=1S/C12H23N3/c1-7-8-12(5,6)15-9-10(13-14-15)11(2,3)4/h9H,7-8H2,1-6H3. The van der Waals surface area contributed by atoms with Crippen LogP contribution in [0.1, 0.15) is 60.1 Å². The second-order valence-corrected chi connectivity index (χ2v) is 5.86. The van der Waals surface area contributed by atoms with Crippen molar-refractivity contribution in [3.05, 3.63) is 11.9 Å². The van der Waals surface area contributed by atoms with Crippen LogP contribution in [-0.4, -0.2) is 15.0 Å². The fourth-order valence-corrected chi connectivity index (χ4v) is 1.63. The Morgan fingerprint density at radius 1 is 1.20 bits per heavy atom. The van der Waals surface area contributed by atoms with E-state index in [0.717, 1.165) is 18.5 Å². The highest BCUT2D eigenvalue weighted by Crippen LogP contribution is 2.24. The third-order valence-corrected chi connectivity index (χ3v) is 2.74. The van der Waals surface area contributed by atoms with E-state index < -0.39 is 0 Å². The van der Waals surface area contributed by atoms with Gasteiger partial charge in [0.2, 0.25) is 0 Å². The Bertz CT molecular complexity index is 318. The van der Waals surface area contributed by atoms with Gasteiger partial charge >= 0.3 is 0 Å². The van der Waals surface area contributed by atoms with Crippen molar-refractivity contribution < 1.29 is 0 Å². The van der Waals surface area contributed by atoms with Crippen molar-refractivity contribution in [2.45, 2.75) is 65.3 Å². The Hall–Kier alpha value is -0.860. The van der Waals surface area contributed by atoms with Gasteiger partial charge in [-0.15, -0.1) is 5.10 Å². The summed E-state index contributed by atoms with van der Waals surface area (Å²) >= 11 is 0. The molecule has 0 N–H and O–H groups in total.